The Hall–Kier alpha value is -3.12. The molecule has 1 fully saturated rings. The van der Waals surface area contributed by atoms with Gasteiger partial charge in [-0.15, -0.1) is 5.10 Å². The van der Waals surface area contributed by atoms with Crippen molar-refractivity contribution in [3.05, 3.63) is 66.4 Å². The minimum absolute atomic E-state index is 0.150. The molecule has 32 heavy (non-hydrogen) atoms. The summed E-state index contributed by atoms with van der Waals surface area (Å²) >= 11 is 1.26. The summed E-state index contributed by atoms with van der Waals surface area (Å²) < 4.78 is 33.6. The molecule has 1 aliphatic heterocycles. The van der Waals surface area contributed by atoms with E-state index in [1.807, 2.05) is 36.5 Å². The van der Waals surface area contributed by atoms with E-state index < -0.39 is 10.0 Å². The molecule has 0 spiro atoms. The predicted octanol–water partition coefficient (Wildman–Crippen LogP) is 2.73. The highest BCUT2D eigenvalue weighted by molar-refractivity contribution is 7.89. The van der Waals surface area contributed by atoms with E-state index in [0.29, 0.717) is 42.0 Å². The fraction of sp³-hybridized carbons (Fsp3) is 0.190. The number of carbonyl (C=O) groups is 1. The number of nitrogens with zero attached hydrogens (tertiary/aromatic N) is 4. The molecular weight excluding hydrogens is 450 g/mol. The van der Waals surface area contributed by atoms with Crippen molar-refractivity contribution in [3.8, 4) is 11.3 Å². The van der Waals surface area contributed by atoms with Gasteiger partial charge in [0.15, 0.2) is 0 Å². The van der Waals surface area contributed by atoms with Crippen LogP contribution in [0.3, 0.4) is 0 Å². The molecule has 2 aromatic heterocycles. The summed E-state index contributed by atoms with van der Waals surface area (Å²) in [7, 11) is -3.60. The molecule has 5 rings (SSSR count). The third-order valence-electron chi connectivity index (χ3n) is 5.06. The molecule has 0 atom stereocenters. The van der Waals surface area contributed by atoms with Crippen LogP contribution in [0, 0.1) is 0 Å². The van der Waals surface area contributed by atoms with Crippen LogP contribution < -0.4 is 5.32 Å². The monoisotopic (exact) mass is 469 g/mol. The fourth-order valence-corrected chi connectivity index (χ4v) is 5.57. The average molecular weight is 470 g/mol. The van der Waals surface area contributed by atoms with Crippen molar-refractivity contribution < 1.29 is 17.9 Å². The molecule has 0 radical (unpaired) electrons. The average Bonchev–Trinajstić information content (AvgIpc) is 3.39. The lowest BCUT2D eigenvalue weighted by Gasteiger charge is -2.26. The van der Waals surface area contributed by atoms with Crippen LogP contribution in [-0.2, 0) is 14.8 Å². The number of nitrogens with one attached hydrogen (secondary N) is 1. The van der Waals surface area contributed by atoms with E-state index in [1.165, 1.54) is 39.9 Å². The summed E-state index contributed by atoms with van der Waals surface area (Å²) in [5.74, 6) is -0.374. The zero-order chi connectivity index (χ0) is 22.1. The Morgan fingerprint density at radius 3 is 2.44 bits per heavy atom. The van der Waals surface area contributed by atoms with Crippen LogP contribution in [0.1, 0.15) is 10.4 Å². The summed E-state index contributed by atoms with van der Waals surface area (Å²) in [6.07, 6.45) is 1.81. The number of amides is 1. The van der Waals surface area contributed by atoms with Crippen LogP contribution >= 0.6 is 11.3 Å². The smallest absolute Gasteiger partial charge is 0.257 e. The Labute approximate surface area is 188 Å². The Bertz CT molecular complexity index is 1330. The minimum atomic E-state index is -3.60. The predicted molar refractivity (Wildman–Crippen MR) is 120 cm³/mol. The highest BCUT2D eigenvalue weighted by Gasteiger charge is 2.26. The number of hydrogen-bond acceptors (Lipinski definition) is 7. The number of imidazole rings is 1. The largest absolute Gasteiger partial charge is 0.379 e. The van der Waals surface area contributed by atoms with Crippen molar-refractivity contribution in [2.45, 2.75) is 4.90 Å². The van der Waals surface area contributed by atoms with Gasteiger partial charge in [0.1, 0.15) is 0 Å². The first-order chi connectivity index (χ1) is 15.5. The maximum atomic E-state index is 12.7. The summed E-state index contributed by atoms with van der Waals surface area (Å²) in [5, 5.41) is 7.52. The first-order valence-corrected chi connectivity index (χ1v) is 12.2. The van der Waals surface area contributed by atoms with E-state index in [4.69, 9.17) is 4.74 Å². The lowest BCUT2D eigenvalue weighted by molar-refractivity contribution is 0.0730. The molecule has 0 saturated carbocycles. The van der Waals surface area contributed by atoms with Gasteiger partial charge in [-0.1, -0.05) is 41.7 Å². The van der Waals surface area contributed by atoms with E-state index in [0.717, 1.165) is 11.3 Å². The van der Waals surface area contributed by atoms with Gasteiger partial charge in [-0.3, -0.25) is 10.1 Å². The van der Waals surface area contributed by atoms with Gasteiger partial charge in [-0.25, -0.2) is 17.9 Å². The van der Waals surface area contributed by atoms with Crippen molar-refractivity contribution in [3.63, 3.8) is 0 Å². The van der Waals surface area contributed by atoms with Crippen LogP contribution in [-0.4, -0.2) is 59.5 Å². The topological polar surface area (TPSA) is 106 Å². The van der Waals surface area contributed by atoms with Crippen molar-refractivity contribution in [1.29, 1.82) is 0 Å². The molecule has 9 nitrogen and oxygen atoms in total. The number of morpholine rings is 1. The van der Waals surface area contributed by atoms with Gasteiger partial charge in [0.2, 0.25) is 20.1 Å². The Kier molecular flexibility index (Phi) is 5.47. The van der Waals surface area contributed by atoms with Gasteiger partial charge < -0.3 is 4.74 Å². The maximum Gasteiger partial charge on any atom is 0.257 e. The first-order valence-electron chi connectivity index (χ1n) is 9.92. The van der Waals surface area contributed by atoms with Crippen LogP contribution in [0.4, 0.5) is 5.13 Å². The quantitative estimate of drug-likeness (QED) is 0.482. The first kappa shape index (κ1) is 20.8. The molecule has 0 aliphatic carbocycles. The lowest BCUT2D eigenvalue weighted by atomic mass is 10.2. The van der Waals surface area contributed by atoms with E-state index >= 15 is 0 Å². The van der Waals surface area contributed by atoms with Gasteiger partial charge in [-0.05, 0) is 24.3 Å². The van der Waals surface area contributed by atoms with Crippen LogP contribution in [0.25, 0.3) is 16.2 Å². The van der Waals surface area contributed by atoms with E-state index in [2.05, 4.69) is 15.4 Å². The second-order valence-corrected chi connectivity index (χ2v) is 10.0. The number of anilines is 1. The molecular formula is C21H19N5O4S2. The standard InChI is InChI=1S/C21H19N5O4S2/c27-19(16-6-8-17(9-7-16)32(28,29)25-10-12-30-13-11-25)23-20-24-26-14-18(22-21(26)31-20)15-4-2-1-3-5-15/h1-9,14H,10-13H2,(H,23,24,27). The number of sulfonamides is 1. The molecule has 0 unspecified atom stereocenters. The summed E-state index contributed by atoms with van der Waals surface area (Å²) in [5.41, 5.74) is 2.13. The number of fused-ring (bicyclic) bond motifs is 1. The lowest BCUT2D eigenvalue weighted by Crippen LogP contribution is -2.40. The SMILES string of the molecule is O=C(Nc1nn2cc(-c3ccccc3)nc2s1)c1ccc(S(=O)(=O)N2CCOCC2)cc1. The number of hydrogen-bond donors (Lipinski definition) is 1. The molecule has 4 aromatic rings. The molecule has 2 aromatic carbocycles. The summed E-state index contributed by atoms with van der Waals surface area (Å²) in [4.78, 5) is 18.0. The second kappa shape index (κ2) is 8.43. The molecule has 1 aliphatic rings. The maximum absolute atomic E-state index is 12.7. The third-order valence-corrected chi connectivity index (χ3v) is 7.81. The number of rotatable bonds is 5. The van der Waals surface area contributed by atoms with Crippen LogP contribution in [0.2, 0.25) is 0 Å². The fourth-order valence-electron chi connectivity index (χ4n) is 3.38. The molecule has 0 bridgehead atoms. The van der Waals surface area contributed by atoms with E-state index in [1.54, 1.807) is 4.52 Å². The summed E-state index contributed by atoms with van der Waals surface area (Å²) in [6.45, 7) is 1.40. The van der Waals surface area contributed by atoms with Crippen molar-refractivity contribution >= 4 is 37.4 Å². The van der Waals surface area contributed by atoms with E-state index in [9.17, 15) is 13.2 Å². The minimum Gasteiger partial charge on any atom is -0.379 e. The molecule has 1 saturated heterocycles. The molecule has 1 amide bonds. The van der Waals surface area contributed by atoms with Gasteiger partial charge in [0.05, 0.1) is 30.0 Å². The molecule has 11 heteroatoms. The number of ether oxygens (including phenoxy) is 1. The van der Waals surface area contributed by atoms with Crippen LogP contribution in [0.5, 0.6) is 0 Å². The van der Waals surface area contributed by atoms with Crippen molar-refractivity contribution in [2.24, 2.45) is 0 Å². The van der Waals surface area contributed by atoms with Gasteiger partial charge in [0.25, 0.3) is 5.91 Å². The highest BCUT2D eigenvalue weighted by Crippen LogP contribution is 2.25. The number of aromatic nitrogens is 3. The number of benzene rings is 2. The van der Waals surface area contributed by atoms with Crippen LogP contribution in [0.15, 0.2) is 65.7 Å². The zero-order valence-corrected chi connectivity index (χ0v) is 18.5. The number of carbonyl (C=O) groups excluding carboxylic acids is 1. The van der Waals surface area contributed by atoms with Gasteiger partial charge >= 0.3 is 0 Å². The van der Waals surface area contributed by atoms with Crippen molar-refractivity contribution in [1.82, 2.24) is 18.9 Å². The highest BCUT2D eigenvalue weighted by atomic mass is 32.2. The molecule has 164 valence electrons. The Morgan fingerprint density at radius 2 is 1.75 bits per heavy atom. The molecule has 3 heterocycles. The summed E-state index contributed by atoms with van der Waals surface area (Å²) in [6, 6.07) is 15.7. The third kappa shape index (κ3) is 4.02. The zero-order valence-electron chi connectivity index (χ0n) is 16.8. The Morgan fingerprint density at radius 1 is 1.03 bits per heavy atom. The normalized spacial score (nSPS) is 15.1. The second-order valence-electron chi connectivity index (χ2n) is 7.12. The molecule has 1 N–H and O–H groups in total. The van der Waals surface area contributed by atoms with Crippen molar-refractivity contribution in [2.75, 3.05) is 31.6 Å². The Balaban J connectivity index is 1.29. The van der Waals surface area contributed by atoms with Gasteiger partial charge in [-0.2, -0.15) is 4.31 Å². The van der Waals surface area contributed by atoms with E-state index in [-0.39, 0.29) is 10.8 Å². The van der Waals surface area contributed by atoms with Gasteiger partial charge in [0, 0.05) is 24.2 Å².